The van der Waals surface area contributed by atoms with E-state index in [4.69, 9.17) is 11.6 Å². The molecule has 0 aliphatic carbocycles. The van der Waals surface area contributed by atoms with Gasteiger partial charge in [0.25, 0.3) is 5.91 Å². The number of benzene rings is 4. The van der Waals surface area contributed by atoms with Gasteiger partial charge in [-0.2, -0.15) is 5.26 Å². The van der Waals surface area contributed by atoms with Gasteiger partial charge in [-0.25, -0.2) is 0 Å². The fourth-order valence-corrected chi connectivity index (χ4v) is 4.39. The normalized spacial score (nSPS) is 11.5. The van der Waals surface area contributed by atoms with E-state index in [1.54, 1.807) is 30.3 Å². The molecule has 5 heteroatoms. The number of hydrogen-bond donors (Lipinski definition) is 1. The Kier molecular flexibility index (Phi) is 5.86. The zero-order valence-electron chi connectivity index (χ0n) is 18.2. The number of carbonyl (C=O) groups excluding carboxylic acids is 1. The second kappa shape index (κ2) is 9.27. The molecule has 0 bridgehead atoms. The number of para-hydroxylation sites is 1. The molecule has 0 aliphatic heterocycles. The molecule has 5 rings (SSSR count). The third-order valence-corrected chi connectivity index (χ3v) is 6.02. The lowest BCUT2D eigenvalue weighted by Crippen LogP contribution is -2.13. The van der Waals surface area contributed by atoms with Crippen LogP contribution in [0.25, 0.3) is 27.8 Å². The van der Waals surface area contributed by atoms with Crippen molar-refractivity contribution in [2.45, 2.75) is 6.54 Å². The van der Waals surface area contributed by atoms with Crippen molar-refractivity contribution in [3.05, 3.63) is 119 Å². The highest BCUT2D eigenvalue weighted by Gasteiger charge is 2.14. The van der Waals surface area contributed by atoms with E-state index in [1.807, 2.05) is 42.6 Å². The number of fused-ring (bicyclic) bond motifs is 2. The number of rotatable bonds is 5. The van der Waals surface area contributed by atoms with Gasteiger partial charge in [0, 0.05) is 39.9 Å². The van der Waals surface area contributed by atoms with Crippen LogP contribution in [0.5, 0.6) is 0 Å². The average molecular weight is 462 g/mol. The first-order valence-electron chi connectivity index (χ1n) is 10.9. The maximum absolute atomic E-state index is 12.8. The maximum atomic E-state index is 12.8. The summed E-state index contributed by atoms with van der Waals surface area (Å²) in [5.74, 6) is -0.476. The summed E-state index contributed by atoms with van der Waals surface area (Å²) < 4.78 is 2.16. The summed E-state index contributed by atoms with van der Waals surface area (Å²) in [5.41, 5.74) is 3.61. The standard InChI is InChI=1S/C29H20ClN3O/c30-24-10-6-11-25(16-24)32-29(34)22(17-31)15-23-19-33(28-14-4-3-13-27(23)28)18-21-9-5-8-20-7-1-2-12-26(20)21/h1-16,19H,18H2,(H,32,34). The molecule has 5 aromatic rings. The van der Waals surface area contributed by atoms with Crippen molar-refractivity contribution in [1.29, 1.82) is 5.26 Å². The number of hydrogen-bond acceptors (Lipinski definition) is 2. The van der Waals surface area contributed by atoms with Crippen molar-refractivity contribution in [2.75, 3.05) is 5.32 Å². The van der Waals surface area contributed by atoms with Crippen LogP contribution >= 0.6 is 11.6 Å². The van der Waals surface area contributed by atoms with Crippen molar-refractivity contribution < 1.29 is 4.79 Å². The van der Waals surface area contributed by atoms with E-state index in [2.05, 4.69) is 46.3 Å². The molecule has 0 atom stereocenters. The van der Waals surface area contributed by atoms with Gasteiger partial charge in [0.2, 0.25) is 0 Å². The Morgan fingerprint density at radius 2 is 1.68 bits per heavy atom. The molecule has 0 fully saturated rings. The van der Waals surface area contributed by atoms with E-state index in [0.29, 0.717) is 17.3 Å². The van der Waals surface area contributed by atoms with Crippen LogP contribution in [0, 0.1) is 11.3 Å². The van der Waals surface area contributed by atoms with E-state index in [0.717, 1.165) is 16.5 Å². The predicted molar refractivity (Wildman–Crippen MR) is 139 cm³/mol. The van der Waals surface area contributed by atoms with Crippen LogP contribution in [0.15, 0.2) is 103 Å². The largest absolute Gasteiger partial charge is 0.342 e. The molecular formula is C29H20ClN3O. The summed E-state index contributed by atoms with van der Waals surface area (Å²) in [6, 6.07) is 31.5. The Morgan fingerprint density at radius 1 is 0.941 bits per heavy atom. The average Bonchev–Trinajstić information content (AvgIpc) is 3.20. The molecule has 4 aromatic carbocycles. The second-order valence-electron chi connectivity index (χ2n) is 8.00. The first-order chi connectivity index (χ1) is 16.6. The lowest BCUT2D eigenvalue weighted by molar-refractivity contribution is -0.112. The lowest BCUT2D eigenvalue weighted by atomic mass is 10.0. The zero-order valence-corrected chi connectivity index (χ0v) is 19.0. The molecule has 1 aromatic heterocycles. The van der Waals surface area contributed by atoms with Gasteiger partial charge < -0.3 is 9.88 Å². The highest BCUT2D eigenvalue weighted by Crippen LogP contribution is 2.27. The van der Waals surface area contributed by atoms with E-state index >= 15 is 0 Å². The van der Waals surface area contributed by atoms with Gasteiger partial charge in [0.15, 0.2) is 0 Å². The van der Waals surface area contributed by atoms with Gasteiger partial charge >= 0.3 is 0 Å². The molecule has 0 saturated heterocycles. The minimum Gasteiger partial charge on any atom is -0.342 e. The van der Waals surface area contributed by atoms with Gasteiger partial charge in [-0.3, -0.25) is 4.79 Å². The van der Waals surface area contributed by atoms with Crippen molar-refractivity contribution in [1.82, 2.24) is 4.57 Å². The van der Waals surface area contributed by atoms with Crippen molar-refractivity contribution >= 4 is 50.9 Å². The van der Waals surface area contributed by atoms with E-state index in [-0.39, 0.29) is 5.57 Å². The Hall–Kier alpha value is -4.33. The summed E-state index contributed by atoms with van der Waals surface area (Å²) in [7, 11) is 0. The monoisotopic (exact) mass is 461 g/mol. The minimum atomic E-state index is -0.476. The van der Waals surface area contributed by atoms with Gasteiger partial charge in [0.05, 0.1) is 0 Å². The second-order valence-corrected chi connectivity index (χ2v) is 8.44. The smallest absolute Gasteiger partial charge is 0.266 e. The predicted octanol–water partition coefficient (Wildman–Crippen LogP) is 7.04. The van der Waals surface area contributed by atoms with E-state index in [9.17, 15) is 10.1 Å². The third-order valence-electron chi connectivity index (χ3n) is 5.79. The minimum absolute atomic E-state index is 0.0213. The SMILES string of the molecule is N#CC(=Cc1cn(Cc2cccc3ccccc23)c2ccccc12)C(=O)Nc1cccc(Cl)c1. The number of halogens is 1. The highest BCUT2D eigenvalue weighted by molar-refractivity contribution is 6.31. The molecule has 34 heavy (non-hydrogen) atoms. The number of carbonyl (C=O) groups is 1. The molecule has 0 aliphatic rings. The summed E-state index contributed by atoms with van der Waals surface area (Å²) in [6.07, 6.45) is 3.64. The number of aromatic nitrogens is 1. The molecule has 1 amide bonds. The first-order valence-corrected chi connectivity index (χ1v) is 11.2. The van der Waals surface area contributed by atoms with Crippen LogP contribution in [0.1, 0.15) is 11.1 Å². The van der Waals surface area contributed by atoms with Crippen molar-refractivity contribution in [2.24, 2.45) is 0 Å². The molecule has 164 valence electrons. The highest BCUT2D eigenvalue weighted by atomic mass is 35.5. The number of nitriles is 1. The zero-order chi connectivity index (χ0) is 23.5. The quantitative estimate of drug-likeness (QED) is 0.225. The Morgan fingerprint density at radius 3 is 2.50 bits per heavy atom. The molecule has 0 spiro atoms. The van der Waals surface area contributed by atoms with Crippen LogP contribution in [0.2, 0.25) is 5.02 Å². The number of anilines is 1. The Balaban J connectivity index is 1.52. The third kappa shape index (κ3) is 4.30. The van der Waals surface area contributed by atoms with Gasteiger partial charge in [-0.15, -0.1) is 0 Å². The topological polar surface area (TPSA) is 57.8 Å². The molecular weight excluding hydrogens is 442 g/mol. The van der Waals surface area contributed by atoms with Crippen LogP contribution in [-0.4, -0.2) is 10.5 Å². The number of nitrogens with zero attached hydrogens (tertiary/aromatic N) is 2. The number of nitrogens with one attached hydrogen (secondary N) is 1. The summed E-state index contributed by atoms with van der Waals surface area (Å²) >= 11 is 6.01. The van der Waals surface area contributed by atoms with Gasteiger partial charge in [-0.1, -0.05) is 78.3 Å². The van der Waals surface area contributed by atoms with Gasteiger partial charge in [-0.05, 0) is 46.7 Å². The Labute approximate surface area is 202 Å². The molecule has 0 radical (unpaired) electrons. The van der Waals surface area contributed by atoms with Gasteiger partial charge in [0.1, 0.15) is 11.6 Å². The van der Waals surface area contributed by atoms with Crippen molar-refractivity contribution in [3.8, 4) is 6.07 Å². The number of amides is 1. The van der Waals surface area contributed by atoms with Crippen LogP contribution in [0.4, 0.5) is 5.69 Å². The van der Waals surface area contributed by atoms with Crippen molar-refractivity contribution in [3.63, 3.8) is 0 Å². The Bertz CT molecular complexity index is 1600. The maximum Gasteiger partial charge on any atom is 0.266 e. The van der Waals surface area contributed by atoms with Crippen LogP contribution in [0.3, 0.4) is 0 Å². The molecule has 1 N–H and O–H groups in total. The molecule has 0 unspecified atom stereocenters. The van der Waals surface area contributed by atoms with Crippen LogP contribution < -0.4 is 5.32 Å². The van der Waals surface area contributed by atoms with E-state index < -0.39 is 5.91 Å². The fraction of sp³-hybridized carbons (Fsp3) is 0.0345. The van der Waals surface area contributed by atoms with Crippen LogP contribution in [-0.2, 0) is 11.3 Å². The summed E-state index contributed by atoms with van der Waals surface area (Å²) in [4.78, 5) is 12.8. The fourth-order valence-electron chi connectivity index (χ4n) is 4.20. The van der Waals surface area contributed by atoms with E-state index in [1.165, 1.54) is 16.3 Å². The first kappa shape index (κ1) is 21.5. The lowest BCUT2D eigenvalue weighted by Gasteiger charge is -2.09. The summed E-state index contributed by atoms with van der Waals surface area (Å²) in [5, 5.41) is 16.3. The molecule has 1 heterocycles. The molecule has 4 nitrogen and oxygen atoms in total. The molecule has 0 saturated carbocycles. The summed E-state index contributed by atoms with van der Waals surface area (Å²) in [6.45, 7) is 0.673.